The first-order valence-electron chi connectivity index (χ1n) is 7.82. The minimum absolute atomic E-state index is 0.00937. The maximum Gasteiger partial charge on any atom is 0.224 e. The largest absolute Gasteiger partial charge is 0.497 e. The fourth-order valence-electron chi connectivity index (χ4n) is 2.98. The molecular formula is C17H24N2O4. The number of rotatable bonds is 6. The van der Waals surface area contributed by atoms with Crippen molar-refractivity contribution in [1.29, 1.82) is 0 Å². The maximum atomic E-state index is 12.5. The molecule has 1 heterocycles. The molecule has 1 N–H and O–H groups in total. The standard InChI is InChI=1S/C17H24N2O4/c1-12(20)18-9-8-17(21)19-10-4-5-15(19)14-11-13(22-2)6-7-16(14)23-3/h6-7,11,15H,4-5,8-10H2,1-3H3,(H,18,20). The van der Waals surface area contributed by atoms with Crippen LogP contribution in [0.5, 0.6) is 11.5 Å². The molecule has 1 aliphatic rings. The van der Waals surface area contributed by atoms with Crippen LogP contribution in [-0.2, 0) is 9.59 Å². The zero-order valence-electron chi connectivity index (χ0n) is 13.9. The number of methoxy groups -OCH3 is 2. The Morgan fingerprint density at radius 2 is 2.09 bits per heavy atom. The fourth-order valence-corrected chi connectivity index (χ4v) is 2.98. The smallest absolute Gasteiger partial charge is 0.224 e. The number of hydrogen-bond acceptors (Lipinski definition) is 4. The van der Waals surface area contributed by atoms with Crippen LogP contribution in [0.1, 0.15) is 37.8 Å². The summed E-state index contributed by atoms with van der Waals surface area (Å²) < 4.78 is 10.7. The van der Waals surface area contributed by atoms with E-state index in [0.717, 1.165) is 36.4 Å². The van der Waals surface area contributed by atoms with E-state index < -0.39 is 0 Å². The minimum atomic E-state index is -0.120. The lowest BCUT2D eigenvalue weighted by molar-refractivity contribution is -0.132. The Kier molecular flexibility index (Phi) is 5.84. The van der Waals surface area contributed by atoms with Crippen LogP contribution in [0.25, 0.3) is 0 Å². The third-order valence-electron chi connectivity index (χ3n) is 4.08. The van der Waals surface area contributed by atoms with Crippen molar-refractivity contribution in [2.24, 2.45) is 0 Å². The molecule has 6 heteroatoms. The molecule has 0 aliphatic carbocycles. The van der Waals surface area contributed by atoms with E-state index in [1.54, 1.807) is 14.2 Å². The van der Waals surface area contributed by atoms with E-state index >= 15 is 0 Å². The van der Waals surface area contributed by atoms with Crippen molar-refractivity contribution in [1.82, 2.24) is 10.2 Å². The normalized spacial score (nSPS) is 17.0. The first-order chi connectivity index (χ1) is 11.1. The summed E-state index contributed by atoms with van der Waals surface area (Å²) in [5.41, 5.74) is 0.970. The van der Waals surface area contributed by atoms with Gasteiger partial charge in [0.05, 0.1) is 20.3 Å². The van der Waals surface area contributed by atoms with Crippen molar-refractivity contribution in [2.45, 2.75) is 32.2 Å². The number of carbonyl (C=O) groups excluding carboxylic acids is 2. The molecular weight excluding hydrogens is 296 g/mol. The summed E-state index contributed by atoms with van der Waals surface area (Å²) in [6, 6.07) is 5.64. The maximum absolute atomic E-state index is 12.5. The van der Waals surface area contributed by atoms with Gasteiger partial charge in [0.1, 0.15) is 11.5 Å². The molecule has 1 unspecified atom stereocenters. The second-order valence-electron chi connectivity index (χ2n) is 5.59. The number of likely N-dealkylation sites (tertiary alicyclic amines) is 1. The van der Waals surface area contributed by atoms with Crippen LogP contribution in [0.4, 0.5) is 0 Å². The molecule has 0 saturated carbocycles. The van der Waals surface area contributed by atoms with Crippen molar-refractivity contribution in [3.63, 3.8) is 0 Å². The van der Waals surface area contributed by atoms with Gasteiger partial charge in [0.15, 0.2) is 0 Å². The van der Waals surface area contributed by atoms with Crippen LogP contribution in [0.15, 0.2) is 18.2 Å². The van der Waals surface area contributed by atoms with Crippen LogP contribution < -0.4 is 14.8 Å². The van der Waals surface area contributed by atoms with Gasteiger partial charge in [-0.15, -0.1) is 0 Å². The average Bonchev–Trinajstić information content (AvgIpc) is 3.03. The number of benzene rings is 1. The van der Waals surface area contributed by atoms with E-state index in [-0.39, 0.29) is 17.9 Å². The van der Waals surface area contributed by atoms with E-state index in [1.165, 1.54) is 6.92 Å². The Morgan fingerprint density at radius 3 is 2.74 bits per heavy atom. The van der Waals surface area contributed by atoms with Crippen LogP contribution in [0, 0.1) is 0 Å². The highest BCUT2D eigenvalue weighted by atomic mass is 16.5. The lowest BCUT2D eigenvalue weighted by atomic mass is 10.0. The summed E-state index contributed by atoms with van der Waals surface area (Å²) in [5, 5.41) is 2.66. The molecule has 2 amide bonds. The molecule has 1 aromatic carbocycles. The topological polar surface area (TPSA) is 67.9 Å². The van der Waals surface area contributed by atoms with Gasteiger partial charge in [-0.2, -0.15) is 0 Å². The molecule has 6 nitrogen and oxygen atoms in total. The molecule has 1 fully saturated rings. The third kappa shape index (κ3) is 4.15. The van der Waals surface area contributed by atoms with Gasteiger partial charge in [-0.05, 0) is 31.0 Å². The monoisotopic (exact) mass is 320 g/mol. The Morgan fingerprint density at radius 1 is 1.30 bits per heavy atom. The molecule has 126 valence electrons. The highest BCUT2D eigenvalue weighted by Crippen LogP contribution is 2.39. The van der Waals surface area contributed by atoms with Crippen LogP contribution in [0.3, 0.4) is 0 Å². The molecule has 1 atom stereocenters. The van der Waals surface area contributed by atoms with Gasteiger partial charge in [-0.3, -0.25) is 9.59 Å². The van der Waals surface area contributed by atoms with Crippen molar-refractivity contribution in [3.8, 4) is 11.5 Å². The predicted octanol–water partition coefficient (Wildman–Crippen LogP) is 1.89. The Hall–Kier alpha value is -2.24. The van der Waals surface area contributed by atoms with Gasteiger partial charge in [0, 0.05) is 32.0 Å². The number of hydrogen-bond donors (Lipinski definition) is 1. The summed E-state index contributed by atoms with van der Waals surface area (Å²) in [5.74, 6) is 1.44. The van der Waals surface area contributed by atoms with Crippen LogP contribution in [-0.4, -0.2) is 44.0 Å². The Labute approximate surface area is 136 Å². The summed E-state index contributed by atoms with van der Waals surface area (Å²) in [6.07, 6.45) is 2.16. The first-order valence-corrected chi connectivity index (χ1v) is 7.82. The zero-order valence-corrected chi connectivity index (χ0v) is 13.9. The van der Waals surface area contributed by atoms with E-state index in [1.807, 2.05) is 23.1 Å². The third-order valence-corrected chi connectivity index (χ3v) is 4.08. The SMILES string of the molecule is COc1ccc(OC)c(C2CCCN2C(=O)CCNC(C)=O)c1. The Bertz CT molecular complexity index is 574. The molecule has 1 saturated heterocycles. The van der Waals surface area contributed by atoms with Crippen molar-refractivity contribution in [2.75, 3.05) is 27.3 Å². The number of carbonyl (C=O) groups is 2. The van der Waals surface area contributed by atoms with E-state index in [2.05, 4.69) is 5.32 Å². The molecule has 1 aromatic rings. The molecule has 23 heavy (non-hydrogen) atoms. The van der Waals surface area contributed by atoms with Crippen molar-refractivity contribution in [3.05, 3.63) is 23.8 Å². The number of nitrogens with zero attached hydrogens (tertiary/aromatic N) is 1. The molecule has 0 bridgehead atoms. The molecule has 0 spiro atoms. The van der Waals surface area contributed by atoms with Gasteiger partial charge in [0.2, 0.25) is 11.8 Å². The fraction of sp³-hybridized carbons (Fsp3) is 0.529. The van der Waals surface area contributed by atoms with Gasteiger partial charge in [0.25, 0.3) is 0 Å². The summed E-state index contributed by atoms with van der Waals surface area (Å²) in [7, 11) is 3.25. The molecule has 2 rings (SSSR count). The van der Waals surface area contributed by atoms with Gasteiger partial charge < -0.3 is 19.7 Å². The predicted molar refractivity (Wildman–Crippen MR) is 86.5 cm³/mol. The first kappa shape index (κ1) is 17.1. The number of amides is 2. The summed E-state index contributed by atoms with van der Waals surface area (Å²) in [4.78, 5) is 25.3. The van der Waals surface area contributed by atoms with Crippen molar-refractivity contribution >= 4 is 11.8 Å². The minimum Gasteiger partial charge on any atom is -0.497 e. The van der Waals surface area contributed by atoms with Crippen LogP contribution in [0.2, 0.25) is 0 Å². The quantitative estimate of drug-likeness (QED) is 0.869. The van der Waals surface area contributed by atoms with E-state index in [4.69, 9.17) is 9.47 Å². The molecule has 0 aromatic heterocycles. The zero-order chi connectivity index (χ0) is 16.8. The number of ether oxygens (including phenoxy) is 2. The lowest BCUT2D eigenvalue weighted by Crippen LogP contribution is -2.33. The highest BCUT2D eigenvalue weighted by molar-refractivity contribution is 5.79. The summed E-state index contributed by atoms with van der Waals surface area (Å²) in [6.45, 7) is 2.54. The van der Waals surface area contributed by atoms with Crippen molar-refractivity contribution < 1.29 is 19.1 Å². The van der Waals surface area contributed by atoms with Gasteiger partial charge in [-0.25, -0.2) is 0 Å². The van der Waals surface area contributed by atoms with E-state index in [0.29, 0.717) is 13.0 Å². The second-order valence-corrected chi connectivity index (χ2v) is 5.59. The molecule has 1 aliphatic heterocycles. The van der Waals surface area contributed by atoms with Crippen LogP contribution >= 0.6 is 0 Å². The second kappa shape index (κ2) is 7.85. The highest BCUT2D eigenvalue weighted by Gasteiger charge is 2.31. The average molecular weight is 320 g/mol. The summed E-state index contributed by atoms with van der Waals surface area (Å²) >= 11 is 0. The number of nitrogens with one attached hydrogen (secondary N) is 1. The Balaban J connectivity index is 2.14. The van der Waals surface area contributed by atoms with E-state index in [9.17, 15) is 9.59 Å². The van der Waals surface area contributed by atoms with Gasteiger partial charge in [-0.1, -0.05) is 0 Å². The van der Waals surface area contributed by atoms with Gasteiger partial charge >= 0.3 is 0 Å². The molecule has 0 radical (unpaired) electrons. The lowest BCUT2D eigenvalue weighted by Gasteiger charge is -2.26.